The van der Waals surface area contributed by atoms with Crippen molar-refractivity contribution in [1.82, 2.24) is 10.2 Å². The Bertz CT molecular complexity index is 349. The van der Waals surface area contributed by atoms with Gasteiger partial charge in [-0.2, -0.15) is 0 Å². The lowest BCUT2D eigenvalue weighted by Gasteiger charge is -2.28. The number of amides is 3. The zero-order valence-corrected chi connectivity index (χ0v) is 9.52. The minimum Gasteiger partial charge on any atom is -0.481 e. The quantitative estimate of drug-likeness (QED) is 0.711. The van der Waals surface area contributed by atoms with E-state index >= 15 is 0 Å². The number of rotatable bonds is 3. The lowest BCUT2D eigenvalue weighted by molar-refractivity contribution is -0.140. The minimum atomic E-state index is -1.07. The van der Waals surface area contributed by atoms with Crippen molar-refractivity contribution < 1.29 is 19.5 Å². The number of hydrogen-bond donors (Lipinski definition) is 2. The van der Waals surface area contributed by atoms with Crippen molar-refractivity contribution in [1.29, 1.82) is 0 Å². The number of carbonyl (C=O) groups excluding carboxylic acids is 2. The third-order valence-electron chi connectivity index (χ3n) is 3.37. The van der Waals surface area contributed by atoms with Crippen LogP contribution >= 0.6 is 0 Å². The molecule has 0 aromatic heterocycles. The van der Waals surface area contributed by atoms with Gasteiger partial charge < -0.3 is 10.4 Å². The van der Waals surface area contributed by atoms with Crippen LogP contribution in [0.15, 0.2) is 0 Å². The Labute approximate surface area is 99.0 Å². The molecule has 0 aromatic rings. The van der Waals surface area contributed by atoms with Crippen molar-refractivity contribution in [3.63, 3.8) is 0 Å². The minimum absolute atomic E-state index is 0.0463. The summed E-state index contributed by atoms with van der Waals surface area (Å²) in [6.45, 7) is 0. The average molecular weight is 240 g/mol. The molecule has 1 saturated carbocycles. The summed E-state index contributed by atoms with van der Waals surface area (Å²) in [7, 11) is 0. The summed E-state index contributed by atoms with van der Waals surface area (Å²) in [6.07, 6.45) is 4.50. The van der Waals surface area contributed by atoms with Crippen molar-refractivity contribution in [3.8, 4) is 0 Å². The van der Waals surface area contributed by atoms with Crippen LogP contribution < -0.4 is 5.32 Å². The monoisotopic (exact) mass is 240 g/mol. The van der Waals surface area contributed by atoms with Gasteiger partial charge in [0.15, 0.2) is 0 Å². The van der Waals surface area contributed by atoms with E-state index in [1.54, 1.807) is 0 Å². The van der Waals surface area contributed by atoms with Gasteiger partial charge in [-0.25, -0.2) is 4.79 Å². The van der Waals surface area contributed by atoms with Crippen LogP contribution in [0.4, 0.5) is 4.79 Å². The van der Waals surface area contributed by atoms with Gasteiger partial charge in [0, 0.05) is 6.04 Å². The molecule has 0 bridgehead atoms. The van der Waals surface area contributed by atoms with Gasteiger partial charge in [0.2, 0.25) is 0 Å². The number of aliphatic carboxylic acids is 1. The number of carbonyl (C=O) groups is 3. The molecule has 0 unspecified atom stereocenters. The number of urea groups is 1. The van der Waals surface area contributed by atoms with Crippen molar-refractivity contribution >= 4 is 17.9 Å². The normalized spacial score (nSPS) is 26.1. The Kier molecular flexibility index (Phi) is 3.31. The van der Waals surface area contributed by atoms with E-state index in [9.17, 15) is 14.4 Å². The summed E-state index contributed by atoms with van der Waals surface area (Å²) in [6, 6.07) is -1.37. The highest BCUT2D eigenvalue weighted by Gasteiger charge is 2.42. The summed E-state index contributed by atoms with van der Waals surface area (Å²) in [5.41, 5.74) is 0. The molecule has 17 heavy (non-hydrogen) atoms. The first kappa shape index (κ1) is 11.9. The Balaban J connectivity index is 2.05. The third-order valence-corrected chi connectivity index (χ3v) is 3.37. The van der Waals surface area contributed by atoms with E-state index in [1.165, 1.54) is 4.90 Å². The van der Waals surface area contributed by atoms with Gasteiger partial charge in [-0.15, -0.1) is 0 Å². The van der Waals surface area contributed by atoms with Crippen LogP contribution in [0.25, 0.3) is 0 Å². The molecule has 0 aromatic carbocycles. The molecule has 6 nitrogen and oxygen atoms in total. The average Bonchev–Trinajstić information content (AvgIpc) is 2.54. The predicted octanol–water partition coefficient (Wildman–Crippen LogP) is 0.714. The number of imide groups is 1. The molecule has 1 aliphatic heterocycles. The molecule has 1 heterocycles. The number of nitrogens with zero attached hydrogens (tertiary/aromatic N) is 1. The van der Waals surface area contributed by atoms with Crippen LogP contribution in [0.2, 0.25) is 0 Å². The van der Waals surface area contributed by atoms with E-state index in [2.05, 4.69) is 5.32 Å². The maximum atomic E-state index is 11.9. The first-order chi connectivity index (χ1) is 8.09. The predicted molar refractivity (Wildman–Crippen MR) is 58.3 cm³/mol. The van der Waals surface area contributed by atoms with E-state index in [0.717, 1.165) is 32.1 Å². The molecule has 0 spiro atoms. The molecular formula is C11H16N2O4. The summed E-state index contributed by atoms with van der Waals surface area (Å²) in [4.78, 5) is 35.4. The molecule has 3 amide bonds. The van der Waals surface area contributed by atoms with Crippen LogP contribution in [-0.2, 0) is 9.59 Å². The molecule has 6 heteroatoms. The molecule has 2 rings (SSSR count). The zero-order chi connectivity index (χ0) is 12.4. The molecule has 1 atom stereocenters. The van der Waals surface area contributed by atoms with E-state index < -0.39 is 18.0 Å². The topological polar surface area (TPSA) is 86.7 Å². The van der Waals surface area contributed by atoms with Gasteiger partial charge >= 0.3 is 12.0 Å². The molecular weight excluding hydrogens is 224 g/mol. The largest absolute Gasteiger partial charge is 0.481 e. The second-order valence-corrected chi connectivity index (χ2v) is 4.60. The van der Waals surface area contributed by atoms with Gasteiger partial charge in [0.1, 0.15) is 6.04 Å². The number of carboxylic acid groups (broad SMARTS) is 1. The summed E-state index contributed by atoms with van der Waals surface area (Å²) < 4.78 is 0. The highest BCUT2D eigenvalue weighted by Crippen LogP contribution is 2.25. The number of hydrogen-bond acceptors (Lipinski definition) is 3. The second-order valence-electron chi connectivity index (χ2n) is 4.60. The third kappa shape index (κ3) is 2.40. The first-order valence-corrected chi connectivity index (χ1v) is 5.95. The fraction of sp³-hybridized carbons (Fsp3) is 0.727. The summed E-state index contributed by atoms with van der Waals surface area (Å²) in [5.74, 6) is -1.46. The van der Waals surface area contributed by atoms with Crippen LogP contribution in [0.3, 0.4) is 0 Å². The highest BCUT2D eigenvalue weighted by molar-refractivity contribution is 6.05. The standard InChI is InChI=1S/C11H16N2O4/c14-9(15)6-8-10(16)13(11(17)12-8)7-4-2-1-3-5-7/h7-8H,1-6H2,(H,12,17)(H,14,15)/t8-/m0/s1. The van der Waals surface area contributed by atoms with Crippen molar-refractivity contribution in [2.75, 3.05) is 0 Å². The molecule has 2 N–H and O–H groups in total. The molecule has 94 valence electrons. The molecule has 0 radical (unpaired) electrons. The van der Waals surface area contributed by atoms with Crippen molar-refractivity contribution in [3.05, 3.63) is 0 Å². The lowest BCUT2D eigenvalue weighted by Crippen LogP contribution is -2.42. The Hall–Kier alpha value is -1.59. The van der Waals surface area contributed by atoms with Gasteiger partial charge in [0.05, 0.1) is 6.42 Å². The SMILES string of the molecule is O=C(O)C[C@@H]1NC(=O)N(C2CCCCC2)C1=O. The van der Waals surface area contributed by atoms with Gasteiger partial charge in [0.25, 0.3) is 5.91 Å². The van der Waals surface area contributed by atoms with Crippen LogP contribution in [0.5, 0.6) is 0 Å². The Morgan fingerprint density at radius 1 is 1.29 bits per heavy atom. The molecule has 2 aliphatic rings. The van der Waals surface area contributed by atoms with Crippen LogP contribution in [-0.4, -0.2) is 40.0 Å². The summed E-state index contributed by atoms with van der Waals surface area (Å²) >= 11 is 0. The Morgan fingerprint density at radius 3 is 2.53 bits per heavy atom. The molecule has 1 saturated heterocycles. The van der Waals surface area contributed by atoms with Crippen LogP contribution in [0, 0.1) is 0 Å². The smallest absolute Gasteiger partial charge is 0.325 e. The number of nitrogens with one attached hydrogen (secondary N) is 1. The van der Waals surface area contributed by atoms with Crippen molar-refractivity contribution in [2.45, 2.75) is 50.6 Å². The lowest BCUT2D eigenvalue weighted by atomic mass is 9.94. The first-order valence-electron chi connectivity index (χ1n) is 5.95. The van der Waals surface area contributed by atoms with E-state index in [4.69, 9.17) is 5.11 Å². The van der Waals surface area contributed by atoms with E-state index in [-0.39, 0.29) is 18.4 Å². The summed E-state index contributed by atoms with van der Waals surface area (Å²) in [5, 5.41) is 11.1. The second kappa shape index (κ2) is 4.73. The Morgan fingerprint density at radius 2 is 1.94 bits per heavy atom. The van der Waals surface area contributed by atoms with Crippen molar-refractivity contribution in [2.24, 2.45) is 0 Å². The van der Waals surface area contributed by atoms with Gasteiger partial charge in [-0.3, -0.25) is 14.5 Å². The van der Waals surface area contributed by atoms with Crippen LogP contribution in [0.1, 0.15) is 38.5 Å². The maximum absolute atomic E-state index is 11.9. The molecule has 1 aliphatic carbocycles. The number of carboxylic acids is 1. The van der Waals surface area contributed by atoms with E-state index in [1.807, 2.05) is 0 Å². The van der Waals surface area contributed by atoms with Gasteiger partial charge in [-0.1, -0.05) is 19.3 Å². The zero-order valence-electron chi connectivity index (χ0n) is 9.52. The fourth-order valence-corrected chi connectivity index (χ4v) is 2.55. The van der Waals surface area contributed by atoms with Gasteiger partial charge in [-0.05, 0) is 12.8 Å². The fourth-order valence-electron chi connectivity index (χ4n) is 2.55. The van der Waals surface area contributed by atoms with E-state index in [0.29, 0.717) is 0 Å². The molecule has 2 fully saturated rings. The maximum Gasteiger partial charge on any atom is 0.325 e. The highest BCUT2D eigenvalue weighted by atomic mass is 16.4.